The van der Waals surface area contributed by atoms with Gasteiger partial charge in [-0.2, -0.15) is 0 Å². The molecule has 0 aliphatic carbocycles. The van der Waals surface area contributed by atoms with Crippen LogP contribution in [0.1, 0.15) is 45.2 Å². The molecule has 18 heavy (non-hydrogen) atoms. The zero-order valence-electron chi connectivity index (χ0n) is 11.4. The van der Waals surface area contributed by atoms with Gasteiger partial charge in [0.15, 0.2) is 0 Å². The summed E-state index contributed by atoms with van der Waals surface area (Å²) in [5.41, 5.74) is 0.835. The SMILES string of the molecule is CC(NCCCC(C)(C)CO)c1cncc(F)c1. The van der Waals surface area contributed by atoms with E-state index >= 15 is 0 Å². The molecule has 1 unspecified atom stereocenters. The zero-order valence-corrected chi connectivity index (χ0v) is 11.4. The van der Waals surface area contributed by atoms with Crippen LogP contribution in [-0.2, 0) is 0 Å². The molecule has 0 aliphatic heterocycles. The van der Waals surface area contributed by atoms with E-state index in [-0.39, 0.29) is 23.9 Å². The topological polar surface area (TPSA) is 45.1 Å². The molecule has 0 saturated carbocycles. The summed E-state index contributed by atoms with van der Waals surface area (Å²) >= 11 is 0. The van der Waals surface area contributed by atoms with Crippen molar-refractivity contribution in [2.45, 2.75) is 39.7 Å². The Bertz CT molecular complexity index is 369. The predicted molar refractivity (Wildman–Crippen MR) is 70.7 cm³/mol. The van der Waals surface area contributed by atoms with Gasteiger partial charge in [-0.1, -0.05) is 13.8 Å². The van der Waals surface area contributed by atoms with Gasteiger partial charge < -0.3 is 10.4 Å². The van der Waals surface area contributed by atoms with Crippen molar-refractivity contribution in [2.75, 3.05) is 13.2 Å². The lowest BCUT2D eigenvalue weighted by Gasteiger charge is -2.22. The minimum atomic E-state index is -0.303. The second-order valence-electron chi connectivity index (χ2n) is 5.54. The third kappa shape index (κ3) is 5.10. The Labute approximate surface area is 108 Å². The third-order valence-corrected chi connectivity index (χ3v) is 3.13. The number of hydrogen-bond donors (Lipinski definition) is 2. The van der Waals surface area contributed by atoms with E-state index in [2.05, 4.69) is 10.3 Å². The van der Waals surface area contributed by atoms with E-state index in [1.54, 1.807) is 6.20 Å². The standard InChI is InChI=1S/C14H23FN2O/c1-11(12-7-13(15)9-16-8-12)17-6-4-5-14(2,3)10-18/h7-9,11,17-18H,4-6,10H2,1-3H3. The minimum Gasteiger partial charge on any atom is -0.396 e. The highest BCUT2D eigenvalue weighted by atomic mass is 19.1. The van der Waals surface area contributed by atoms with Gasteiger partial charge in [-0.05, 0) is 43.4 Å². The van der Waals surface area contributed by atoms with Gasteiger partial charge in [0.2, 0.25) is 0 Å². The molecule has 1 heterocycles. The van der Waals surface area contributed by atoms with E-state index in [9.17, 15) is 4.39 Å². The van der Waals surface area contributed by atoms with Gasteiger partial charge in [0.25, 0.3) is 0 Å². The first-order valence-electron chi connectivity index (χ1n) is 6.39. The fraction of sp³-hybridized carbons (Fsp3) is 0.643. The molecular formula is C14H23FN2O. The number of pyridine rings is 1. The summed E-state index contributed by atoms with van der Waals surface area (Å²) < 4.78 is 13.0. The molecule has 1 aromatic heterocycles. The van der Waals surface area contributed by atoms with E-state index in [1.165, 1.54) is 12.3 Å². The number of nitrogens with one attached hydrogen (secondary N) is 1. The van der Waals surface area contributed by atoms with Crippen LogP contribution >= 0.6 is 0 Å². The highest BCUT2D eigenvalue weighted by molar-refractivity contribution is 5.14. The largest absolute Gasteiger partial charge is 0.396 e. The van der Waals surface area contributed by atoms with Crippen LogP contribution in [-0.4, -0.2) is 23.2 Å². The summed E-state index contributed by atoms with van der Waals surface area (Å²) in [6.07, 6.45) is 4.84. The van der Waals surface area contributed by atoms with E-state index < -0.39 is 0 Å². The molecule has 4 heteroatoms. The lowest BCUT2D eigenvalue weighted by Crippen LogP contribution is -2.23. The Kier molecular flexibility index (Phi) is 5.69. The number of aliphatic hydroxyl groups is 1. The Morgan fingerprint density at radius 2 is 2.17 bits per heavy atom. The fourth-order valence-electron chi connectivity index (χ4n) is 1.75. The number of aromatic nitrogens is 1. The normalized spacial score (nSPS) is 13.6. The van der Waals surface area contributed by atoms with Crippen LogP contribution < -0.4 is 5.32 Å². The highest BCUT2D eigenvalue weighted by Crippen LogP contribution is 2.21. The van der Waals surface area contributed by atoms with Crippen molar-refractivity contribution in [1.82, 2.24) is 10.3 Å². The van der Waals surface area contributed by atoms with Gasteiger partial charge in [-0.15, -0.1) is 0 Å². The van der Waals surface area contributed by atoms with E-state index in [4.69, 9.17) is 5.11 Å². The predicted octanol–water partition coefficient (Wildman–Crippen LogP) is 2.67. The monoisotopic (exact) mass is 254 g/mol. The molecule has 1 aromatic rings. The second-order valence-corrected chi connectivity index (χ2v) is 5.54. The molecule has 102 valence electrons. The Morgan fingerprint density at radius 1 is 1.44 bits per heavy atom. The lowest BCUT2D eigenvalue weighted by molar-refractivity contribution is 0.147. The Morgan fingerprint density at radius 3 is 2.78 bits per heavy atom. The number of nitrogens with zero attached hydrogens (tertiary/aromatic N) is 1. The third-order valence-electron chi connectivity index (χ3n) is 3.13. The van der Waals surface area contributed by atoms with Crippen LogP contribution in [0.5, 0.6) is 0 Å². The smallest absolute Gasteiger partial charge is 0.141 e. The molecule has 3 nitrogen and oxygen atoms in total. The molecule has 0 spiro atoms. The average molecular weight is 254 g/mol. The summed E-state index contributed by atoms with van der Waals surface area (Å²) in [5, 5.41) is 12.5. The molecule has 0 aromatic carbocycles. The maximum atomic E-state index is 13.0. The summed E-state index contributed by atoms with van der Waals surface area (Å²) in [4.78, 5) is 3.84. The van der Waals surface area contributed by atoms with E-state index in [0.29, 0.717) is 0 Å². The second kappa shape index (κ2) is 6.81. The summed E-state index contributed by atoms with van der Waals surface area (Å²) in [7, 11) is 0. The molecule has 2 N–H and O–H groups in total. The number of hydrogen-bond acceptors (Lipinski definition) is 3. The first-order chi connectivity index (χ1) is 8.44. The number of rotatable bonds is 7. The quantitative estimate of drug-likeness (QED) is 0.735. The van der Waals surface area contributed by atoms with Crippen LogP contribution in [0, 0.1) is 11.2 Å². The maximum absolute atomic E-state index is 13.0. The molecule has 1 atom stereocenters. The van der Waals surface area contributed by atoms with Gasteiger partial charge in [0.05, 0.1) is 6.20 Å². The van der Waals surface area contributed by atoms with E-state index in [0.717, 1.165) is 24.9 Å². The molecule has 1 rings (SSSR count). The van der Waals surface area contributed by atoms with Crippen molar-refractivity contribution in [3.8, 4) is 0 Å². The van der Waals surface area contributed by atoms with Gasteiger partial charge in [-0.25, -0.2) is 4.39 Å². The molecule has 0 saturated heterocycles. The van der Waals surface area contributed by atoms with Gasteiger partial charge in [0, 0.05) is 18.8 Å². The van der Waals surface area contributed by atoms with Gasteiger partial charge >= 0.3 is 0 Å². The Balaban J connectivity index is 2.32. The van der Waals surface area contributed by atoms with E-state index in [1.807, 2.05) is 20.8 Å². The summed E-state index contributed by atoms with van der Waals surface area (Å²) in [6.45, 7) is 7.14. The first kappa shape index (κ1) is 15.1. The number of aliphatic hydroxyl groups excluding tert-OH is 1. The zero-order chi connectivity index (χ0) is 13.6. The van der Waals surface area contributed by atoms with Crippen molar-refractivity contribution in [1.29, 1.82) is 0 Å². The summed E-state index contributed by atoms with van der Waals surface area (Å²) in [6, 6.07) is 1.59. The highest BCUT2D eigenvalue weighted by Gasteiger charge is 2.15. The molecule has 0 amide bonds. The molecule has 0 radical (unpaired) electrons. The summed E-state index contributed by atoms with van der Waals surface area (Å²) in [5.74, 6) is -0.303. The molecular weight excluding hydrogens is 231 g/mol. The van der Waals surface area contributed by atoms with Crippen LogP contribution in [0.4, 0.5) is 4.39 Å². The van der Waals surface area contributed by atoms with Crippen molar-refractivity contribution in [3.63, 3.8) is 0 Å². The van der Waals surface area contributed by atoms with Crippen LogP contribution in [0.3, 0.4) is 0 Å². The maximum Gasteiger partial charge on any atom is 0.141 e. The lowest BCUT2D eigenvalue weighted by atomic mass is 9.89. The van der Waals surface area contributed by atoms with Gasteiger partial charge in [-0.3, -0.25) is 4.98 Å². The van der Waals surface area contributed by atoms with Crippen molar-refractivity contribution in [3.05, 3.63) is 29.8 Å². The first-order valence-corrected chi connectivity index (χ1v) is 6.39. The van der Waals surface area contributed by atoms with Crippen LogP contribution in [0.25, 0.3) is 0 Å². The van der Waals surface area contributed by atoms with Crippen LogP contribution in [0.2, 0.25) is 0 Å². The van der Waals surface area contributed by atoms with Crippen molar-refractivity contribution in [2.24, 2.45) is 5.41 Å². The fourth-order valence-corrected chi connectivity index (χ4v) is 1.75. The minimum absolute atomic E-state index is 0.0225. The Hall–Kier alpha value is -1.00. The molecule has 0 fully saturated rings. The van der Waals surface area contributed by atoms with Crippen molar-refractivity contribution >= 4 is 0 Å². The number of halogens is 1. The van der Waals surface area contributed by atoms with Crippen molar-refractivity contribution < 1.29 is 9.50 Å². The molecule has 0 bridgehead atoms. The van der Waals surface area contributed by atoms with Crippen LogP contribution in [0.15, 0.2) is 18.5 Å². The molecule has 0 aliphatic rings. The van der Waals surface area contributed by atoms with Gasteiger partial charge in [0.1, 0.15) is 5.82 Å². The average Bonchev–Trinajstić information content (AvgIpc) is 2.34.